The van der Waals surface area contributed by atoms with Crippen LogP contribution in [-0.2, 0) is 13.0 Å². The summed E-state index contributed by atoms with van der Waals surface area (Å²) in [6, 6.07) is 6.82. The molecule has 1 unspecified atom stereocenters. The molecule has 13 heavy (non-hydrogen) atoms. The van der Waals surface area contributed by atoms with Crippen molar-refractivity contribution in [1.29, 1.82) is 0 Å². The predicted octanol–water partition coefficient (Wildman–Crippen LogP) is 2.76. The molecule has 0 saturated carbocycles. The molecule has 0 spiro atoms. The largest absolute Gasteiger partial charge is 0.310 e. The Morgan fingerprint density at radius 1 is 1.38 bits per heavy atom. The number of hydrogen-bond acceptors (Lipinski definition) is 1. The molecule has 1 aliphatic rings. The number of nitrogens with one attached hydrogen (secondary N) is 1. The fourth-order valence-corrected chi connectivity index (χ4v) is 1.96. The van der Waals surface area contributed by atoms with Gasteiger partial charge in [-0.05, 0) is 43.0 Å². The van der Waals surface area contributed by atoms with E-state index in [1.165, 1.54) is 24.0 Å². The lowest BCUT2D eigenvalue weighted by Crippen LogP contribution is -2.23. The van der Waals surface area contributed by atoms with Crippen LogP contribution < -0.4 is 5.32 Å². The molecular formula is C11H14ClN. The molecule has 1 atom stereocenters. The molecule has 1 aromatic rings. The van der Waals surface area contributed by atoms with Crippen molar-refractivity contribution in [2.24, 2.45) is 0 Å². The first-order valence-corrected chi connectivity index (χ1v) is 5.14. The van der Waals surface area contributed by atoms with Crippen molar-refractivity contribution in [3.05, 3.63) is 34.3 Å². The summed E-state index contributed by atoms with van der Waals surface area (Å²) in [5, 5.41) is 4.31. The second-order valence-electron chi connectivity index (χ2n) is 3.73. The topological polar surface area (TPSA) is 12.0 Å². The Balaban J connectivity index is 2.30. The first-order valence-electron chi connectivity index (χ1n) is 4.76. The highest BCUT2D eigenvalue weighted by molar-refractivity contribution is 6.30. The van der Waals surface area contributed by atoms with Crippen molar-refractivity contribution in [3.8, 4) is 0 Å². The van der Waals surface area contributed by atoms with Gasteiger partial charge in [0.2, 0.25) is 0 Å². The van der Waals surface area contributed by atoms with E-state index in [4.69, 9.17) is 11.6 Å². The van der Waals surface area contributed by atoms with E-state index in [-0.39, 0.29) is 0 Å². The van der Waals surface area contributed by atoms with Crippen molar-refractivity contribution in [2.75, 3.05) is 0 Å². The number of rotatable bonds is 0. The van der Waals surface area contributed by atoms with E-state index in [0.717, 1.165) is 11.6 Å². The zero-order valence-corrected chi connectivity index (χ0v) is 8.56. The van der Waals surface area contributed by atoms with Crippen LogP contribution in [-0.4, -0.2) is 6.04 Å². The molecule has 1 nitrogen and oxygen atoms in total. The normalized spacial score (nSPS) is 22.2. The van der Waals surface area contributed by atoms with E-state index in [9.17, 15) is 0 Å². The van der Waals surface area contributed by atoms with Crippen molar-refractivity contribution < 1.29 is 0 Å². The molecule has 0 amide bonds. The maximum absolute atomic E-state index is 5.94. The lowest BCUT2D eigenvalue weighted by molar-refractivity contribution is 0.534. The average molecular weight is 196 g/mol. The van der Waals surface area contributed by atoms with E-state index in [1.54, 1.807) is 0 Å². The molecule has 1 N–H and O–H groups in total. The van der Waals surface area contributed by atoms with Gasteiger partial charge in [0, 0.05) is 17.6 Å². The standard InChI is InChI=1S/C11H14ClN/c1-8-2-3-9-4-5-11(12)6-10(9)7-13-8/h4-6,8,13H,2-3,7H2,1H3. The van der Waals surface area contributed by atoms with Gasteiger partial charge < -0.3 is 5.32 Å². The van der Waals surface area contributed by atoms with Gasteiger partial charge >= 0.3 is 0 Å². The summed E-state index contributed by atoms with van der Waals surface area (Å²) in [7, 11) is 0. The number of aryl methyl sites for hydroxylation is 1. The molecule has 70 valence electrons. The monoisotopic (exact) mass is 195 g/mol. The van der Waals surface area contributed by atoms with Gasteiger partial charge in [-0.3, -0.25) is 0 Å². The van der Waals surface area contributed by atoms with Crippen LogP contribution in [0.4, 0.5) is 0 Å². The highest BCUT2D eigenvalue weighted by atomic mass is 35.5. The minimum Gasteiger partial charge on any atom is -0.310 e. The fourth-order valence-electron chi connectivity index (χ4n) is 1.76. The number of hydrogen-bond donors (Lipinski definition) is 1. The number of fused-ring (bicyclic) bond motifs is 1. The van der Waals surface area contributed by atoms with Crippen LogP contribution in [0.2, 0.25) is 5.02 Å². The van der Waals surface area contributed by atoms with Crippen molar-refractivity contribution in [2.45, 2.75) is 32.4 Å². The zero-order chi connectivity index (χ0) is 9.26. The van der Waals surface area contributed by atoms with E-state index in [0.29, 0.717) is 6.04 Å². The second-order valence-corrected chi connectivity index (χ2v) is 4.17. The first-order chi connectivity index (χ1) is 6.25. The first kappa shape index (κ1) is 9.04. The van der Waals surface area contributed by atoms with Gasteiger partial charge in [-0.1, -0.05) is 17.7 Å². The lowest BCUT2D eigenvalue weighted by atomic mass is 10.0. The summed E-state index contributed by atoms with van der Waals surface area (Å²) in [5.74, 6) is 0. The number of benzene rings is 1. The van der Waals surface area contributed by atoms with Crippen molar-refractivity contribution in [1.82, 2.24) is 5.32 Å². The van der Waals surface area contributed by atoms with Crippen molar-refractivity contribution in [3.63, 3.8) is 0 Å². The van der Waals surface area contributed by atoms with Crippen molar-refractivity contribution >= 4 is 11.6 Å². The maximum atomic E-state index is 5.94. The Morgan fingerprint density at radius 2 is 2.23 bits per heavy atom. The summed E-state index contributed by atoms with van der Waals surface area (Å²) >= 11 is 5.94. The Kier molecular flexibility index (Phi) is 2.56. The maximum Gasteiger partial charge on any atom is 0.0409 e. The summed E-state index contributed by atoms with van der Waals surface area (Å²) in [5.41, 5.74) is 2.80. The molecule has 1 aromatic carbocycles. The van der Waals surface area contributed by atoms with Crippen LogP contribution in [0.1, 0.15) is 24.5 Å². The van der Waals surface area contributed by atoms with Crippen LogP contribution in [0.5, 0.6) is 0 Å². The molecule has 1 aliphatic heterocycles. The minimum atomic E-state index is 0.617. The Bertz CT molecular complexity index is 309. The molecule has 0 fully saturated rings. The van der Waals surface area contributed by atoms with E-state index < -0.39 is 0 Å². The summed E-state index contributed by atoms with van der Waals surface area (Å²) in [6.45, 7) is 3.19. The second kappa shape index (κ2) is 3.69. The molecule has 0 radical (unpaired) electrons. The number of halogens is 1. The zero-order valence-electron chi connectivity index (χ0n) is 7.81. The molecule has 0 bridgehead atoms. The fraction of sp³-hybridized carbons (Fsp3) is 0.455. The Hall–Kier alpha value is -0.530. The van der Waals surface area contributed by atoms with Gasteiger partial charge in [0.15, 0.2) is 0 Å². The Morgan fingerprint density at radius 3 is 3.08 bits per heavy atom. The third kappa shape index (κ3) is 2.04. The quantitative estimate of drug-likeness (QED) is 0.672. The van der Waals surface area contributed by atoms with Crippen LogP contribution in [0.15, 0.2) is 18.2 Å². The SMILES string of the molecule is CC1CCc2ccc(Cl)cc2CN1. The molecular weight excluding hydrogens is 182 g/mol. The molecule has 0 aliphatic carbocycles. The molecule has 1 heterocycles. The average Bonchev–Trinajstić information content (AvgIpc) is 2.29. The minimum absolute atomic E-state index is 0.617. The highest BCUT2D eigenvalue weighted by Crippen LogP contribution is 2.20. The molecule has 2 heteroatoms. The van der Waals surface area contributed by atoms with Crippen LogP contribution >= 0.6 is 11.6 Å². The van der Waals surface area contributed by atoms with Gasteiger partial charge in [-0.15, -0.1) is 0 Å². The van der Waals surface area contributed by atoms with Gasteiger partial charge in [0.25, 0.3) is 0 Å². The summed E-state index contributed by atoms with van der Waals surface area (Å²) < 4.78 is 0. The van der Waals surface area contributed by atoms with Crippen LogP contribution in [0.3, 0.4) is 0 Å². The molecule has 0 saturated heterocycles. The molecule has 0 aromatic heterocycles. The van der Waals surface area contributed by atoms with Gasteiger partial charge in [0.1, 0.15) is 0 Å². The van der Waals surface area contributed by atoms with E-state index >= 15 is 0 Å². The third-order valence-electron chi connectivity index (χ3n) is 2.66. The lowest BCUT2D eigenvalue weighted by Gasteiger charge is -2.07. The summed E-state index contributed by atoms with van der Waals surface area (Å²) in [4.78, 5) is 0. The van der Waals surface area contributed by atoms with Gasteiger partial charge in [-0.25, -0.2) is 0 Å². The Labute approximate surface area is 84.1 Å². The van der Waals surface area contributed by atoms with Gasteiger partial charge in [-0.2, -0.15) is 0 Å². The van der Waals surface area contributed by atoms with E-state index in [2.05, 4.69) is 24.4 Å². The third-order valence-corrected chi connectivity index (χ3v) is 2.89. The summed E-state index contributed by atoms with van der Waals surface area (Å²) in [6.07, 6.45) is 2.38. The molecule has 2 rings (SSSR count). The van der Waals surface area contributed by atoms with Crippen LogP contribution in [0, 0.1) is 0 Å². The van der Waals surface area contributed by atoms with Gasteiger partial charge in [0.05, 0.1) is 0 Å². The predicted molar refractivity (Wildman–Crippen MR) is 56.1 cm³/mol. The van der Waals surface area contributed by atoms with E-state index in [1.807, 2.05) is 6.07 Å². The highest BCUT2D eigenvalue weighted by Gasteiger charge is 2.11. The smallest absolute Gasteiger partial charge is 0.0409 e. The van der Waals surface area contributed by atoms with Crippen LogP contribution in [0.25, 0.3) is 0 Å².